The van der Waals surface area contributed by atoms with Gasteiger partial charge in [0.25, 0.3) is 6.73 Å². The van der Waals surface area contributed by atoms with Gasteiger partial charge in [-0.15, -0.1) is 0 Å². The van der Waals surface area contributed by atoms with Crippen LogP contribution < -0.4 is 33.3 Å². The third-order valence-corrected chi connectivity index (χ3v) is 5.69. The quantitative estimate of drug-likeness (QED) is 0.242. The molecule has 2 aromatic carbocycles. The second-order valence-electron chi connectivity index (χ2n) is 7.57. The molecular weight excluding hydrogens is 491 g/mol. The summed E-state index contributed by atoms with van der Waals surface area (Å²) in [5.41, 5.74) is 4.66. The molecule has 0 saturated heterocycles. The van der Waals surface area contributed by atoms with Gasteiger partial charge in [-0.05, 0) is 55.0 Å². The summed E-state index contributed by atoms with van der Waals surface area (Å²) < 4.78 is 12.8. The number of aryl methyl sites for hydroxylation is 2. The first-order valence-corrected chi connectivity index (χ1v) is 10.1. The van der Waals surface area contributed by atoms with Crippen molar-refractivity contribution in [1.82, 2.24) is 4.98 Å². The minimum absolute atomic E-state index is 0. The summed E-state index contributed by atoms with van der Waals surface area (Å²) in [6, 6.07) is 8.22. The summed E-state index contributed by atoms with van der Waals surface area (Å²) in [6.45, 7) is 6.59. The minimum atomic E-state index is -0.147. The van der Waals surface area contributed by atoms with Gasteiger partial charge in [0.15, 0.2) is 12.4 Å². The second kappa shape index (κ2) is 9.20. The van der Waals surface area contributed by atoms with E-state index in [0.29, 0.717) is 6.42 Å². The first kappa shape index (κ1) is 22.3. The number of esters is 1. The number of hydrogen-bond acceptors (Lipinski definition) is 3. The Balaban J connectivity index is 0.00000256. The highest BCUT2D eigenvalue weighted by molar-refractivity contribution is 6.16. The normalized spacial score (nSPS) is 11.1. The van der Waals surface area contributed by atoms with Gasteiger partial charge in [-0.2, -0.15) is 4.57 Å². The highest BCUT2D eigenvalue weighted by atomic mass is 127. The lowest BCUT2D eigenvalue weighted by Crippen LogP contribution is -3.00. The number of aromatic nitrogens is 2. The van der Waals surface area contributed by atoms with Gasteiger partial charge in [0.1, 0.15) is 5.75 Å². The molecule has 0 unspecified atom stereocenters. The van der Waals surface area contributed by atoms with E-state index in [0.717, 1.165) is 40.4 Å². The van der Waals surface area contributed by atoms with Crippen LogP contribution in [0, 0.1) is 13.8 Å². The van der Waals surface area contributed by atoms with Gasteiger partial charge < -0.3 is 38.4 Å². The van der Waals surface area contributed by atoms with Crippen molar-refractivity contribution >= 4 is 38.5 Å². The molecule has 0 radical (unpaired) electrons. The van der Waals surface area contributed by atoms with Crippen LogP contribution in [0.1, 0.15) is 37.3 Å². The molecule has 4 rings (SSSR count). The zero-order valence-electron chi connectivity index (χ0n) is 17.8. The van der Waals surface area contributed by atoms with Gasteiger partial charge in [0, 0.05) is 34.2 Å². The van der Waals surface area contributed by atoms with Crippen LogP contribution in [0.2, 0.25) is 0 Å². The summed E-state index contributed by atoms with van der Waals surface area (Å²) in [4.78, 5) is 15.4. The summed E-state index contributed by atoms with van der Waals surface area (Å²) >= 11 is 0. The Morgan fingerprint density at radius 3 is 2.63 bits per heavy atom. The number of carbonyl (C=O) groups is 1. The summed E-state index contributed by atoms with van der Waals surface area (Å²) in [6.07, 6.45) is 6.37. The Hall–Kier alpha value is -2.35. The van der Waals surface area contributed by atoms with Crippen LogP contribution in [-0.4, -0.2) is 18.1 Å². The second-order valence-corrected chi connectivity index (χ2v) is 7.57. The van der Waals surface area contributed by atoms with Crippen molar-refractivity contribution in [2.24, 2.45) is 0 Å². The maximum Gasteiger partial charge on any atom is 0.310 e. The smallest absolute Gasteiger partial charge is 0.310 e. The van der Waals surface area contributed by atoms with Gasteiger partial charge in [-0.3, -0.25) is 4.79 Å². The van der Waals surface area contributed by atoms with E-state index in [2.05, 4.69) is 50.2 Å². The van der Waals surface area contributed by atoms with Crippen molar-refractivity contribution in [3.05, 3.63) is 47.8 Å². The highest BCUT2D eigenvalue weighted by Crippen LogP contribution is 2.37. The van der Waals surface area contributed by atoms with E-state index in [-0.39, 0.29) is 36.7 Å². The lowest BCUT2D eigenvalue weighted by atomic mass is 9.97. The van der Waals surface area contributed by atoms with E-state index in [4.69, 9.17) is 9.47 Å². The highest BCUT2D eigenvalue weighted by Gasteiger charge is 2.17. The Labute approximate surface area is 193 Å². The molecular formula is C24H27IN2O3. The van der Waals surface area contributed by atoms with Gasteiger partial charge >= 0.3 is 5.97 Å². The van der Waals surface area contributed by atoms with E-state index in [1.54, 1.807) is 7.11 Å². The molecule has 5 nitrogen and oxygen atoms in total. The number of ether oxygens (including phenoxy) is 2. The molecule has 0 spiro atoms. The molecule has 0 atom stereocenters. The van der Waals surface area contributed by atoms with Crippen molar-refractivity contribution in [3.63, 3.8) is 0 Å². The number of carbonyl (C=O) groups excluding carboxylic acids is 1. The fraction of sp³-hybridized carbons (Fsp3) is 0.333. The molecule has 2 heterocycles. The van der Waals surface area contributed by atoms with Crippen LogP contribution >= 0.6 is 0 Å². The zero-order chi connectivity index (χ0) is 20.5. The molecule has 0 bridgehead atoms. The fourth-order valence-corrected chi connectivity index (χ4v) is 4.02. The molecule has 0 aliphatic heterocycles. The van der Waals surface area contributed by atoms with Crippen LogP contribution in [-0.2, 0) is 16.3 Å². The van der Waals surface area contributed by atoms with Crippen molar-refractivity contribution < 1.29 is 42.8 Å². The number of nitrogens with one attached hydrogen (secondary N) is 1. The first-order valence-electron chi connectivity index (χ1n) is 10.1. The van der Waals surface area contributed by atoms with Crippen LogP contribution in [0.25, 0.3) is 32.6 Å². The molecule has 0 amide bonds. The van der Waals surface area contributed by atoms with Crippen LogP contribution in [0.5, 0.6) is 5.75 Å². The number of methoxy groups -OCH3 is 1. The molecule has 30 heavy (non-hydrogen) atoms. The molecule has 158 valence electrons. The van der Waals surface area contributed by atoms with Crippen molar-refractivity contribution in [3.8, 4) is 5.75 Å². The van der Waals surface area contributed by atoms with Gasteiger partial charge in [0.05, 0.1) is 12.6 Å². The van der Waals surface area contributed by atoms with Gasteiger partial charge in [-0.1, -0.05) is 13.3 Å². The average Bonchev–Trinajstić information content (AvgIpc) is 3.13. The number of rotatable bonds is 6. The minimum Gasteiger partial charge on any atom is -1.00 e. The lowest BCUT2D eigenvalue weighted by Gasteiger charge is -2.09. The largest absolute Gasteiger partial charge is 1.00 e. The number of nitrogens with zero attached hydrogens (tertiary/aromatic N) is 1. The van der Waals surface area contributed by atoms with Gasteiger partial charge in [-0.25, -0.2) is 0 Å². The standard InChI is InChI=1S/C24H26N2O3.HI/c1-5-6-7-22(27)29-14-26-11-10-18-16(3)24-23(15(2)20(18)13-26)19-12-17(28-4)8-9-21(19)25-24;/h8-13H,5-7,14H2,1-4H3;1H. The number of halogens is 1. The van der Waals surface area contributed by atoms with Crippen LogP contribution in [0.15, 0.2) is 36.7 Å². The Morgan fingerprint density at radius 1 is 1.10 bits per heavy atom. The lowest BCUT2D eigenvalue weighted by molar-refractivity contribution is -0.726. The molecule has 1 N–H and O–H groups in total. The van der Waals surface area contributed by atoms with E-state index in [1.807, 2.05) is 16.8 Å². The number of aromatic amines is 1. The van der Waals surface area contributed by atoms with E-state index in [9.17, 15) is 4.79 Å². The first-order chi connectivity index (χ1) is 14.0. The van der Waals surface area contributed by atoms with E-state index < -0.39 is 0 Å². The molecule has 0 fully saturated rings. The number of H-pyrrole nitrogens is 1. The number of hydrogen-bond donors (Lipinski definition) is 1. The molecule has 2 aromatic heterocycles. The number of fused-ring (bicyclic) bond motifs is 4. The van der Waals surface area contributed by atoms with Gasteiger partial charge in [0.2, 0.25) is 0 Å². The molecule has 4 aromatic rings. The third kappa shape index (κ3) is 3.97. The number of benzene rings is 2. The SMILES string of the molecule is CCCCC(=O)OC[n+]1ccc2c(C)c3[nH]c4ccc(OC)cc4c3c(C)c2c1.[I-]. The fourth-order valence-electron chi connectivity index (χ4n) is 4.02. The topological polar surface area (TPSA) is 55.2 Å². The predicted molar refractivity (Wildman–Crippen MR) is 115 cm³/mol. The Morgan fingerprint density at radius 2 is 1.90 bits per heavy atom. The summed E-state index contributed by atoms with van der Waals surface area (Å²) in [5.74, 6) is 0.698. The predicted octanol–water partition coefficient (Wildman–Crippen LogP) is 2.08. The van der Waals surface area contributed by atoms with Crippen LogP contribution in [0.3, 0.4) is 0 Å². The van der Waals surface area contributed by atoms with Crippen molar-refractivity contribution in [2.75, 3.05) is 7.11 Å². The van der Waals surface area contributed by atoms with E-state index in [1.165, 1.54) is 21.9 Å². The molecule has 0 aliphatic carbocycles. The average molecular weight is 518 g/mol. The van der Waals surface area contributed by atoms with E-state index >= 15 is 0 Å². The summed E-state index contributed by atoms with van der Waals surface area (Å²) in [5, 5.41) is 4.72. The Kier molecular flexibility index (Phi) is 6.85. The molecule has 0 saturated carbocycles. The summed E-state index contributed by atoms with van der Waals surface area (Å²) in [7, 11) is 1.69. The Bertz CT molecular complexity index is 1230. The zero-order valence-corrected chi connectivity index (χ0v) is 20.0. The van der Waals surface area contributed by atoms with Crippen LogP contribution in [0.4, 0.5) is 0 Å². The monoisotopic (exact) mass is 518 g/mol. The maximum atomic E-state index is 11.9. The maximum absolute atomic E-state index is 11.9. The van der Waals surface area contributed by atoms with Crippen molar-refractivity contribution in [1.29, 1.82) is 0 Å². The molecule has 0 aliphatic rings. The third-order valence-electron chi connectivity index (χ3n) is 5.69. The number of pyridine rings is 1. The van der Waals surface area contributed by atoms with Crippen molar-refractivity contribution in [2.45, 2.75) is 46.8 Å². The number of unbranched alkanes of at least 4 members (excludes halogenated alkanes) is 1. The molecule has 6 heteroatoms.